The molecule has 1 aliphatic heterocycles. The summed E-state index contributed by atoms with van der Waals surface area (Å²) in [6, 6.07) is 9.72. The molecule has 5 heteroatoms. The summed E-state index contributed by atoms with van der Waals surface area (Å²) in [6.07, 6.45) is 2.02. The van der Waals surface area contributed by atoms with Gasteiger partial charge in [0.2, 0.25) is 5.91 Å². The van der Waals surface area contributed by atoms with Gasteiger partial charge in [-0.25, -0.2) is 0 Å². The molecule has 23 heavy (non-hydrogen) atoms. The number of amides is 1. The van der Waals surface area contributed by atoms with Crippen molar-refractivity contribution in [2.75, 3.05) is 45.9 Å². The van der Waals surface area contributed by atoms with Gasteiger partial charge in [-0.15, -0.1) is 0 Å². The lowest BCUT2D eigenvalue weighted by molar-refractivity contribution is -0.138. The largest absolute Gasteiger partial charge is 0.387 e. The van der Waals surface area contributed by atoms with Gasteiger partial charge >= 0.3 is 0 Å². The van der Waals surface area contributed by atoms with Gasteiger partial charge in [0.1, 0.15) is 6.61 Å². The summed E-state index contributed by atoms with van der Waals surface area (Å²) in [5.74, 6) is 0.785. The van der Waals surface area contributed by atoms with Crippen molar-refractivity contribution >= 4 is 5.91 Å². The molecule has 3 rings (SSSR count). The molecule has 1 atom stereocenters. The van der Waals surface area contributed by atoms with E-state index >= 15 is 0 Å². The number of aliphatic hydroxyl groups is 1. The minimum Gasteiger partial charge on any atom is -0.387 e. The van der Waals surface area contributed by atoms with E-state index in [9.17, 15) is 9.90 Å². The predicted octanol–water partition coefficient (Wildman–Crippen LogP) is 1.29. The highest BCUT2D eigenvalue weighted by atomic mass is 16.5. The van der Waals surface area contributed by atoms with Crippen LogP contribution in [0.4, 0.5) is 0 Å². The zero-order valence-corrected chi connectivity index (χ0v) is 13.6. The number of ether oxygens (including phenoxy) is 1. The Labute approximate surface area is 137 Å². The first-order valence-electron chi connectivity index (χ1n) is 8.53. The fraction of sp³-hybridized carbons (Fsp3) is 0.611. The molecule has 1 saturated heterocycles. The van der Waals surface area contributed by atoms with Crippen molar-refractivity contribution in [1.82, 2.24) is 9.80 Å². The van der Waals surface area contributed by atoms with Gasteiger partial charge < -0.3 is 14.7 Å². The number of aliphatic hydroxyl groups excluding tert-OH is 1. The van der Waals surface area contributed by atoms with Crippen LogP contribution in [0.25, 0.3) is 0 Å². The predicted molar refractivity (Wildman–Crippen MR) is 88.0 cm³/mol. The molecule has 0 radical (unpaired) electrons. The summed E-state index contributed by atoms with van der Waals surface area (Å²) < 4.78 is 5.48. The van der Waals surface area contributed by atoms with Gasteiger partial charge in [0, 0.05) is 32.7 Å². The number of hydrogen-bond donors (Lipinski definition) is 1. The van der Waals surface area contributed by atoms with E-state index in [-0.39, 0.29) is 12.5 Å². The molecular formula is C18H26N2O3. The fourth-order valence-electron chi connectivity index (χ4n) is 2.89. The van der Waals surface area contributed by atoms with Crippen molar-refractivity contribution in [3.05, 3.63) is 35.9 Å². The number of carbonyl (C=O) groups excluding carboxylic acids is 1. The van der Waals surface area contributed by atoms with E-state index in [1.165, 1.54) is 12.8 Å². The number of piperazine rings is 1. The van der Waals surface area contributed by atoms with E-state index in [0.29, 0.717) is 25.6 Å². The third-order valence-electron chi connectivity index (χ3n) is 4.62. The standard InChI is InChI=1S/C18H26N2O3/c21-17(16-4-2-1-3-5-16)12-19-8-10-20(11-9-19)18(22)14-23-13-15-6-7-15/h1-5,15,17,21H,6-14H2/t17-/m1/s1. The number of carbonyl (C=O) groups is 1. The quantitative estimate of drug-likeness (QED) is 0.823. The lowest BCUT2D eigenvalue weighted by Crippen LogP contribution is -2.50. The maximum absolute atomic E-state index is 12.1. The minimum atomic E-state index is -0.472. The Kier molecular flexibility index (Phi) is 5.65. The molecule has 1 N–H and O–H groups in total. The number of benzene rings is 1. The summed E-state index contributed by atoms with van der Waals surface area (Å²) in [7, 11) is 0. The van der Waals surface area contributed by atoms with Gasteiger partial charge in [-0.2, -0.15) is 0 Å². The second kappa shape index (κ2) is 7.90. The highest BCUT2D eigenvalue weighted by molar-refractivity contribution is 5.77. The van der Waals surface area contributed by atoms with Crippen molar-refractivity contribution in [2.45, 2.75) is 18.9 Å². The van der Waals surface area contributed by atoms with Gasteiger partial charge in [0.15, 0.2) is 0 Å². The van der Waals surface area contributed by atoms with Crippen molar-refractivity contribution in [3.63, 3.8) is 0 Å². The van der Waals surface area contributed by atoms with Crippen LogP contribution >= 0.6 is 0 Å². The van der Waals surface area contributed by atoms with Crippen LogP contribution in [0, 0.1) is 5.92 Å². The second-order valence-electron chi connectivity index (χ2n) is 6.57. The van der Waals surface area contributed by atoms with Crippen LogP contribution < -0.4 is 0 Å². The maximum atomic E-state index is 12.1. The highest BCUT2D eigenvalue weighted by Gasteiger charge is 2.25. The van der Waals surface area contributed by atoms with E-state index in [1.54, 1.807) is 0 Å². The van der Waals surface area contributed by atoms with Gasteiger partial charge in [0.05, 0.1) is 12.7 Å². The first kappa shape index (κ1) is 16.4. The molecule has 1 saturated carbocycles. The van der Waals surface area contributed by atoms with Crippen LogP contribution in [0.2, 0.25) is 0 Å². The average Bonchev–Trinajstić information content (AvgIpc) is 3.40. The molecule has 0 bridgehead atoms. The highest BCUT2D eigenvalue weighted by Crippen LogP contribution is 2.28. The Bertz CT molecular complexity index is 496. The smallest absolute Gasteiger partial charge is 0.248 e. The molecule has 1 aliphatic carbocycles. The molecule has 5 nitrogen and oxygen atoms in total. The van der Waals surface area contributed by atoms with Crippen LogP contribution in [0.1, 0.15) is 24.5 Å². The summed E-state index contributed by atoms with van der Waals surface area (Å²) in [6.45, 7) is 4.60. The molecule has 2 fully saturated rings. The third-order valence-corrected chi connectivity index (χ3v) is 4.62. The van der Waals surface area contributed by atoms with E-state index in [4.69, 9.17) is 4.74 Å². The SMILES string of the molecule is O=C(COCC1CC1)N1CCN(C[C@@H](O)c2ccccc2)CC1. The van der Waals surface area contributed by atoms with Crippen molar-refractivity contribution in [1.29, 1.82) is 0 Å². The second-order valence-corrected chi connectivity index (χ2v) is 6.57. The molecule has 1 aromatic carbocycles. The zero-order valence-electron chi connectivity index (χ0n) is 13.6. The Morgan fingerprint density at radius 3 is 2.52 bits per heavy atom. The number of nitrogens with zero attached hydrogens (tertiary/aromatic N) is 2. The first-order chi connectivity index (χ1) is 11.2. The van der Waals surface area contributed by atoms with Crippen LogP contribution in [0.5, 0.6) is 0 Å². The van der Waals surface area contributed by atoms with E-state index in [0.717, 1.165) is 25.3 Å². The van der Waals surface area contributed by atoms with Gasteiger partial charge in [0.25, 0.3) is 0 Å². The summed E-state index contributed by atoms with van der Waals surface area (Å²) >= 11 is 0. The number of hydrogen-bond acceptors (Lipinski definition) is 4. The minimum absolute atomic E-state index is 0.0916. The molecular weight excluding hydrogens is 292 g/mol. The molecule has 0 aromatic heterocycles. The Hall–Kier alpha value is -1.43. The molecule has 1 amide bonds. The number of rotatable bonds is 7. The Morgan fingerprint density at radius 1 is 1.17 bits per heavy atom. The van der Waals surface area contributed by atoms with Crippen LogP contribution in [0.15, 0.2) is 30.3 Å². The summed E-state index contributed by atoms with van der Waals surface area (Å²) in [5, 5.41) is 10.3. The van der Waals surface area contributed by atoms with E-state index in [1.807, 2.05) is 35.2 Å². The van der Waals surface area contributed by atoms with Gasteiger partial charge in [-0.05, 0) is 24.3 Å². The fourth-order valence-corrected chi connectivity index (χ4v) is 2.89. The van der Waals surface area contributed by atoms with Crippen LogP contribution in [0.3, 0.4) is 0 Å². The van der Waals surface area contributed by atoms with Gasteiger partial charge in [-0.1, -0.05) is 30.3 Å². The normalized spacial score (nSPS) is 20.5. The van der Waals surface area contributed by atoms with Crippen LogP contribution in [-0.4, -0.2) is 66.8 Å². The summed E-state index contributed by atoms with van der Waals surface area (Å²) in [5.41, 5.74) is 0.944. The topological polar surface area (TPSA) is 53.0 Å². The lowest BCUT2D eigenvalue weighted by Gasteiger charge is -2.35. The Balaban J connectivity index is 1.36. The zero-order chi connectivity index (χ0) is 16.1. The van der Waals surface area contributed by atoms with E-state index in [2.05, 4.69) is 4.90 Å². The monoisotopic (exact) mass is 318 g/mol. The van der Waals surface area contributed by atoms with Crippen molar-refractivity contribution in [2.24, 2.45) is 5.92 Å². The van der Waals surface area contributed by atoms with Crippen LogP contribution in [-0.2, 0) is 9.53 Å². The molecule has 1 heterocycles. The first-order valence-corrected chi connectivity index (χ1v) is 8.53. The molecule has 2 aliphatic rings. The number of β-amino-alcohol motifs (C(OH)–C–C–N with tert-alkyl or cyclic N) is 1. The molecule has 0 unspecified atom stereocenters. The lowest BCUT2D eigenvalue weighted by atomic mass is 10.1. The average molecular weight is 318 g/mol. The maximum Gasteiger partial charge on any atom is 0.248 e. The molecule has 1 aromatic rings. The van der Waals surface area contributed by atoms with Crippen molar-refractivity contribution in [3.8, 4) is 0 Å². The van der Waals surface area contributed by atoms with E-state index < -0.39 is 6.10 Å². The molecule has 0 spiro atoms. The van der Waals surface area contributed by atoms with Crippen molar-refractivity contribution < 1.29 is 14.6 Å². The summed E-state index contributed by atoms with van der Waals surface area (Å²) in [4.78, 5) is 16.2. The van der Waals surface area contributed by atoms with Gasteiger partial charge in [-0.3, -0.25) is 9.69 Å². The molecule has 126 valence electrons. The third kappa shape index (κ3) is 5.03. The Morgan fingerprint density at radius 2 is 1.87 bits per heavy atom.